The van der Waals surface area contributed by atoms with E-state index in [1.165, 1.54) is 5.06 Å². The number of carbonyl (C=O) groups is 2. The number of rotatable bonds is 13. The summed E-state index contributed by atoms with van der Waals surface area (Å²) in [5.41, 5.74) is 4.83. The average molecular weight is 520 g/mol. The molecule has 0 saturated carbocycles. The SMILES string of the molecule is CC(C)(C)OC(=O)NN(Cc1ccccc1)CC(O)C(Cc1ccccc1)N(C=O)OCc1ccccc1. The van der Waals surface area contributed by atoms with E-state index in [4.69, 9.17) is 9.57 Å². The van der Waals surface area contributed by atoms with Crippen molar-refractivity contribution in [1.29, 1.82) is 0 Å². The fraction of sp³-hybridized carbons (Fsp3) is 0.333. The maximum Gasteiger partial charge on any atom is 0.422 e. The Morgan fingerprint density at radius 2 is 1.42 bits per heavy atom. The van der Waals surface area contributed by atoms with E-state index in [-0.39, 0.29) is 13.2 Å². The lowest BCUT2D eigenvalue weighted by molar-refractivity contribution is -0.206. The molecule has 0 aliphatic rings. The number of aliphatic hydroxyl groups excluding tert-OH is 1. The van der Waals surface area contributed by atoms with E-state index in [0.717, 1.165) is 16.7 Å². The average Bonchev–Trinajstić information content (AvgIpc) is 2.89. The monoisotopic (exact) mass is 519 g/mol. The zero-order valence-electron chi connectivity index (χ0n) is 22.2. The molecule has 2 atom stereocenters. The van der Waals surface area contributed by atoms with Crippen molar-refractivity contribution in [3.63, 3.8) is 0 Å². The van der Waals surface area contributed by atoms with Crippen molar-refractivity contribution >= 4 is 12.5 Å². The van der Waals surface area contributed by atoms with Gasteiger partial charge in [0.1, 0.15) is 12.2 Å². The molecule has 2 unspecified atom stereocenters. The molecule has 0 heterocycles. The molecule has 0 aromatic heterocycles. The minimum Gasteiger partial charge on any atom is -0.443 e. The summed E-state index contributed by atoms with van der Waals surface area (Å²) in [7, 11) is 0. The van der Waals surface area contributed by atoms with Gasteiger partial charge in [0.05, 0.1) is 12.1 Å². The van der Waals surface area contributed by atoms with Crippen molar-refractivity contribution in [1.82, 2.24) is 15.5 Å². The van der Waals surface area contributed by atoms with Gasteiger partial charge in [0.15, 0.2) is 0 Å². The third-order valence-electron chi connectivity index (χ3n) is 5.66. The first-order valence-corrected chi connectivity index (χ1v) is 12.6. The molecule has 3 rings (SSSR count). The molecule has 0 aliphatic heterocycles. The van der Waals surface area contributed by atoms with E-state index in [1.807, 2.05) is 91.0 Å². The van der Waals surface area contributed by atoms with Gasteiger partial charge in [-0.05, 0) is 43.9 Å². The highest BCUT2D eigenvalue weighted by Crippen LogP contribution is 2.16. The Labute approximate surface area is 224 Å². The zero-order chi connectivity index (χ0) is 27.4. The van der Waals surface area contributed by atoms with Crippen LogP contribution >= 0.6 is 0 Å². The minimum atomic E-state index is -1.07. The van der Waals surface area contributed by atoms with Gasteiger partial charge in [-0.25, -0.2) is 14.9 Å². The summed E-state index contributed by atoms with van der Waals surface area (Å²) < 4.78 is 5.44. The Bertz CT molecular complexity index is 1110. The number of carbonyl (C=O) groups excluding carboxylic acids is 2. The van der Waals surface area contributed by atoms with E-state index in [9.17, 15) is 14.7 Å². The van der Waals surface area contributed by atoms with Crippen LogP contribution in [0.1, 0.15) is 37.5 Å². The van der Waals surface area contributed by atoms with Crippen LogP contribution in [0.3, 0.4) is 0 Å². The van der Waals surface area contributed by atoms with Crippen molar-refractivity contribution in [3.05, 3.63) is 108 Å². The molecular formula is C30H37N3O5. The van der Waals surface area contributed by atoms with Gasteiger partial charge in [-0.1, -0.05) is 91.0 Å². The highest BCUT2D eigenvalue weighted by atomic mass is 16.7. The van der Waals surface area contributed by atoms with Crippen LogP contribution < -0.4 is 5.43 Å². The standard InChI is InChI=1S/C30H37N3O5/c1-30(2,3)38-29(36)31-32(20-25-15-9-5-10-16-25)21-28(35)27(19-24-13-7-4-8-14-24)33(23-34)37-22-26-17-11-6-12-18-26/h4-18,23,27-28,35H,19-22H2,1-3H3,(H,31,36). The zero-order valence-corrected chi connectivity index (χ0v) is 22.2. The summed E-state index contributed by atoms with van der Waals surface area (Å²) in [6.07, 6.45) is -0.772. The third kappa shape index (κ3) is 9.97. The van der Waals surface area contributed by atoms with E-state index in [1.54, 1.807) is 25.8 Å². The van der Waals surface area contributed by atoms with E-state index in [2.05, 4.69) is 5.43 Å². The van der Waals surface area contributed by atoms with Crippen molar-refractivity contribution in [2.45, 2.75) is 58.1 Å². The van der Waals surface area contributed by atoms with Gasteiger partial charge in [-0.3, -0.25) is 15.1 Å². The number of hydroxylamine groups is 2. The summed E-state index contributed by atoms with van der Waals surface area (Å²) in [5.74, 6) is 0. The number of nitrogens with zero attached hydrogens (tertiary/aromatic N) is 2. The minimum absolute atomic E-state index is 0.0185. The van der Waals surface area contributed by atoms with Crippen molar-refractivity contribution in [2.75, 3.05) is 6.54 Å². The van der Waals surface area contributed by atoms with Gasteiger partial charge in [0, 0.05) is 13.1 Å². The van der Waals surface area contributed by atoms with Gasteiger partial charge in [-0.15, -0.1) is 0 Å². The van der Waals surface area contributed by atoms with Gasteiger partial charge in [0.2, 0.25) is 6.41 Å². The molecule has 3 aromatic rings. The molecule has 0 aliphatic carbocycles. The largest absolute Gasteiger partial charge is 0.443 e. The molecule has 2 amide bonds. The van der Waals surface area contributed by atoms with Crippen LogP contribution in [0.4, 0.5) is 4.79 Å². The Balaban J connectivity index is 1.80. The molecule has 0 spiro atoms. The molecule has 0 fully saturated rings. The first-order valence-electron chi connectivity index (χ1n) is 12.6. The van der Waals surface area contributed by atoms with E-state index >= 15 is 0 Å². The molecular weight excluding hydrogens is 482 g/mol. The molecule has 202 valence electrons. The lowest BCUT2D eigenvalue weighted by atomic mass is 10.0. The van der Waals surface area contributed by atoms with Gasteiger partial charge in [0.25, 0.3) is 0 Å². The number of hydrogen-bond acceptors (Lipinski definition) is 6. The molecule has 0 bridgehead atoms. The number of benzene rings is 3. The van der Waals surface area contributed by atoms with Gasteiger partial charge in [-0.2, -0.15) is 0 Å². The second-order valence-electron chi connectivity index (χ2n) is 10.0. The molecule has 0 radical (unpaired) electrons. The maximum atomic E-state index is 12.6. The summed E-state index contributed by atoms with van der Waals surface area (Å²) in [6, 6.07) is 27.9. The first kappa shape index (κ1) is 28.8. The fourth-order valence-electron chi connectivity index (χ4n) is 3.91. The number of ether oxygens (including phenoxy) is 1. The summed E-state index contributed by atoms with van der Waals surface area (Å²) in [4.78, 5) is 30.6. The van der Waals surface area contributed by atoms with Crippen LogP contribution in [-0.4, -0.2) is 52.0 Å². The van der Waals surface area contributed by atoms with Crippen LogP contribution in [-0.2, 0) is 33.9 Å². The van der Waals surface area contributed by atoms with Crippen molar-refractivity contribution < 1.29 is 24.3 Å². The topological polar surface area (TPSA) is 91.3 Å². The summed E-state index contributed by atoms with van der Waals surface area (Å²) >= 11 is 0. The smallest absolute Gasteiger partial charge is 0.422 e. The molecule has 2 N–H and O–H groups in total. The quantitative estimate of drug-likeness (QED) is 0.255. The van der Waals surface area contributed by atoms with E-state index < -0.39 is 23.8 Å². The number of hydrazine groups is 1. The predicted molar refractivity (Wildman–Crippen MR) is 145 cm³/mol. The maximum absolute atomic E-state index is 12.6. The Hall–Kier alpha value is -3.72. The molecule has 3 aromatic carbocycles. The Kier molecular flexibility index (Phi) is 10.8. The number of amides is 2. The molecule has 8 heteroatoms. The third-order valence-corrected chi connectivity index (χ3v) is 5.66. The molecule has 38 heavy (non-hydrogen) atoms. The predicted octanol–water partition coefficient (Wildman–Crippen LogP) is 4.49. The van der Waals surface area contributed by atoms with Crippen LogP contribution in [0, 0.1) is 0 Å². The highest BCUT2D eigenvalue weighted by Gasteiger charge is 2.30. The first-order chi connectivity index (χ1) is 18.2. The molecule has 0 saturated heterocycles. The lowest BCUT2D eigenvalue weighted by Crippen LogP contribution is -2.53. The second-order valence-corrected chi connectivity index (χ2v) is 10.0. The number of nitrogens with one attached hydrogen (secondary N) is 1. The number of aliphatic hydroxyl groups is 1. The number of hydrogen-bond donors (Lipinski definition) is 2. The second kappa shape index (κ2) is 14.3. The highest BCUT2D eigenvalue weighted by molar-refractivity contribution is 5.67. The summed E-state index contributed by atoms with van der Waals surface area (Å²) in [5, 5.41) is 14.2. The van der Waals surface area contributed by atoms with Crippen LogP contribution in [0.25, 0.3) is 0 Å². The molecule has 8 nitrogen and oxygen atoms in total. The van der Waals surface area contributed by atoms with Crippen LogP contribution in [0.5, 0.6) is 0 Å². The van der Waals surface area contributed by atoms with Gasteiger partial charge >= 0.3 is 6.09 Å². The van der Waals surface area contributed by atoms with Crippen LogP contribution in [0.2, 0.25) is 0 Å². The Morgan fingerprint density at radius 3 is 1.95 bits per heavy atom. The van der Waals surface area contributed by atoms with Gasteiger partial charge < -0.3 is 9.84 Å². The Morgan fingerprint density at radius 1 is 0.895 bits per heavy atom. The van der Waals surface area contributed by atoms with E-state index in [0.29, 0.717) is 19.4 Å². The van der Waals surface area contributed by atoms with Crippen molar-refractivity contribution in [3.8, 4) is 0 Å². The van der Waals surface area contributed by atoms with Crippen LogP contribution in [0.15, 0.2) is 91.0 Å². The lowest BCUT2D eigenvalue weighted by Gasteiger charge is -2.34. The summed E-state index contributed by atoms with van der Waals surface area (Å²) in [6.45, 7) is 5.86. The normalized spacial score (nSPS) is 13.0. The van der Waals surface area contributed by atoms with Crippen molar-refractivity contribution in [2.24, 2.45) is 0 Å². The fourth-order valence-corrected chi connectivity index (χ4v) is 3.91.